The van der Waals surface area contributed by atoms with Gasteiger partial charge in [0, 0.05) is 24.3 Å². The van der Waals surface area contributed by atoms with Gasteiger partial charge in [0.2, 0.25) is 0 Å². The molecule has 2 saturated carbocycles. The van der Waals surface area contributed by atoms with Gasteiger partial charge in [-0.25, -0.2) is 0 Å². The van der Waals surface area contributed by atoms with Crippen LogP contribution in [0.4, 0.5) is 0 Å². The second-order valence-electron chi connectivity index (χ2n) is 9.40. The van der Waals surface area contributed by atoms with Crippen molar-refractivity contribution < 1.29 is 33.3 Å². The van der Waals surface area contributed by atoms with Crippen LogP contribution >= 0.6 is 0 Å². The minimum absolute atomic E-state index is 0.0756. The van der Waals surface area contributed by atoms with Crippen molar-refractivity contribution in [1.82, 2.24) is 0 Å². The Morgan fingerprint density at radius 2 is 2.14 bits per heavy atom. The lowest BCUT2D eigenvalue weighted by atomic mass is 9.43. The van der Waals surface area contributed by atoms with Gasteiger partial charge < -0.3 is 23.7 Å². The van der Waals surface area contributed by atoms with Crippen molar-refractivity contribution in [2.75, 3.05) is 13.2 Å². The van der Waals surface area contributed by atoms with Crippen LogP contribution in [0, 0.1) is 22.7 Å². The molecule has 2 aliphatic heterocycles. The van der Waals surface area contributed by atoms with Crippen LogP contribution in [-0.4, -0.2) is 42.0 Å². The fraction of sp³-hybridized carbons (Fsp3) is 0.727. The second kappa shape index (κ2) is 6.32. The maximum Gasteiger partial charge on any atom is 0.313 e. The van der Waals surface area contributed by atoms with Crippen molar-refractivity contribution in [2.24, 2.45) is 22.7 Å². The Labute approximate surface area is 169 Å². The van der Waals surface area contributed by atoms with Gasteiger partial charge in [0.05, 0.1) is 30.7 Å². The zero-order valence-electron chi connectivity index (χ0n) is 16.9. The van der Waals surface area contributed by atoms with Crippen molar-refractivity contribution >= 4 is 11.9 Å². The molecule has 5 rings (SSSR count). The SMILES string of the molecule is CC(=O)OCC12CCC(C)C3(CC(c4ccoc4)OC3=O)C1CCC(O)C21CO1. The summed E-state index contributed by atoms with van der Waals surface area (Å²) in [6.07, 6.45) is 5.66. The topological polar surface area (TPSA) is 98.5 Å². The molecule has 29 heavy (non-hydrogen) atoms. The standard InChI is InChI=1S/C22H28O7/c1-13-5-7-20(11-27-14(2)23)17(3-4-18(24)22(20)12-28-22)21(13)9-16(29-19(21)25)15-6-8-26-10-15/h6,8,10,13,16-18,24H,3-5,7,9,11-12H2,1-2H3. The Balaban J connectivity index is 1.58. The maximum absolute atomic E-state index is 13.5. The molecule has 7 atom stereocenters. The smallest absolute Gasteiger partial charge is 0.313 e. The molecule has 1 aromatic heterocycles. The number of furan rings is 1. The van der Waals surface area contributed by atoms with Crippen LogP contribution in [0.25, 0.3) is 0 Å². The van der Waals surface area contributed by atoms with E-state index in [9.17, 15) is 14.7 Å². The van der Waals surface area contributed by atoms with Crippen LogP contribution < -0.4 is 0 Å². The van der Waals surface area contributed by atoms with Gasteiger partial charge >= 0.3 is 11.9 Å². The van der Waals surface area contributed by atoms with E-state index in [1.807, 2.05) is 6.07 Å². The molecule has 7 heteroatoms. The largest absolute Gasteiger partial charge is 0.472 e. The lowest BCUT2D eigenvalue weighted by molar-refractivity contribution is -0.201. The molecule has 4 fully saturated rings. The zero-order valence-corrected chi connectivity index (χ0v) is 16.9. The summed E-state index contributed by atoms with van der Waals surface area (Å²) in [7, 11) is 0. The molecule has 2 aliphatic carbocycles. The predicted molar refractivity (Wildman–Crippen MR) is 99.5 cm³/mol. The second-order valence-corrected chi connectivity index (χ2v) is 9.40. The van der Waals surface area contributed by atoms with Gasteiger partial charge in [0.15, 0.2) is 0 Å². The highest BCUT2D eigenvalue weighted by Gasteiger charge is 2.77. The first-order valence-electron chi connectivity index (χ1n) is 10.5. The van der Waals surface area contributed by atoms with Gasteiger partial charge in [-0.2, -0.15) is 0 Å². The van der Waals surface area contributed by atoms with Crippen LogP contribution in [-0.2, 0) is 23.8 Å². The number of fused-ring (bicyclic) bond motifs is 3. The van der Waals surface area contributed by atoms with Gasteiger partial charge in [-0.3, -0.25) is 9.59 Å². The van der Waals surface area contributed by atoms with Crippen LogP contribution in [0.1, 0.15) is 57.6 Å². The lowest BCUT2D eigenvalue weighted by Crippen LogP contribution is -2.65. The molecule has 2 spiro atoms. The fourth-order valence-electron chi connectivity index (χ4n) is 6.76. The normalized spacial score (nSPS) is 45.8. The van der Waals surface area contributed by atoms with Gasteiger partial charge in [0.1, 0.15) is 18.3 Å². The van der Waals surface area contributed by atoms with E-state index in [0.29, 0.717) is 25.9 Å². The molecular weight excluding hydrogens is 376 g/mol. The minimum Gasteiger partial charge on any atom is -0.472 e. The predicted octanol–water partition coefficient (Wildman–Crippen LogP) is 2.77. The summed E-state index contributed by atoms with van der Waals surface area (Å²) in [5.41, 5.74) is -1.12. The number of carbonyl (C=O) groups is 2. The summed E-state index contributed by atoms with van der Waals surface area (Å²) in [6, 6.07) is 1.84. The van der Waals surface area contributed by atoms with Gasteiger partial charge in [-0.05, 0) is 43.6 Å². The van der Waals surface area contributed by atoms with Gasteiger partial charge in [-0.15, -0.1) is 0 Å². The maximum atomic E-state index is 13.5. The number of hydrogen-bond donors (Lipinski definition) is 1. The molecule has 1 aromatic rings. The number of ether oxygens (including phenoxy) is 3. The van der Waals surface area contributed by atoms with Crippen LogP contribution in [0.15, 0.2) is 23.0 Å². The molecule has 3 heterocycles. The summed E-state index contributed by atoms with van der Waals surface area (Å²) in [6.45, 7) is 4.13. The third-order valence-electron chi connectivity index (χ3n) is 8.36. The number of aliphatic hydroxyl groups is 1. The fourth-order valence-corrected chi connectivity index (χ4v) is 6.76. The number of esters is 2. The van der Waals surface area contributed by atoms with Crippen LogP contribution in [0.5, 0.6) is 0 Å². The summed E-state index contributed by atoms with van der Waals surface area (Å²) in [5, 5.41) is 10.8. The van der Waals surface area contributed by atoms with E-state index in [1.54, 1.807) is 12.5 Å². The van der Waals surface area contributed by atoms with Crippen molar-refractivity contribution in [3.05, 3.63) is 24.2 Å². The number of rotatable bonds is 3. The van der Waals surface area contributed by atoms with E-state index >= 15 is 0 Å². The summed E-state index contributed by atoms with van der Waals surface area (Å²) in [4.78, 5) is 25.1. The third kappa shape index (κ3) is 2.43. The van der Waals surface area contributed by atoms with E-state index in [4.69, 9.17) is 18.6 Å². The molecule has 7 nitrogen and oxygen atoms in total. The van der Waals surface area contributed by atoms with Crippen molar-refractivity contribution in [3.63, 3.8) is 0 Å². The quantitative estimate of drug-likeness (QED) is 0.611. The first-order valence-corrected chi connectivity index (χ1v) is 10.5. The number of carbonyl (C=O) groups excluding carboxylic acids is 2. The van der Waals surface area contributed by atoms with Crippen LogP contribution in [0.2, 0.25) is 0 Å². The van der Waals surface area contributed by atoms with Crippen molar-refractivity contribution in [1.29, 1.82) is 0 Å². The average molecular weight is 404 g/mol. The van der Waals surface area contributed by atoms with Gasteiger partial charge in [-0.1, -0.05) is 6.92 Å². The Morgan fingerprint density at radius 1 is 1.34 bits per heavy atom. The summed E-state index contributed by atoms with van der Waals surface area (Å²) < 4.78 is 22.6. The number of epoxide rings is 1. The Bertz CT molecular complexity index is 813. The van der Waals surface area contributed by atoms with E-state index in [1.165, 1.54) is 6.92 Å². The number of cyclic esters (lactones) is 1. The minimum atomic E-state index is -0.730. The third-order valence-corrected chi connectivity index (χ3v) is 8.36. The van der Waals surface area contributed by atoms with Crippen molar-refractivity contribution in [3.8, 4) is 0 Å². The molecular formula is C22H28O7. The monoisotopic (exact) mass is 404 g/mol. The highest BCUT2D eigenvalue weighted by Crippen LogP contribution is 2.70. The first kappa shape index (κ1) is 19.1. The molecule has 7 unspecified atom stereocenters. The van der Waals surface area contributed by atoms with E-state index in [0.717, 1.165) is 18.4 Å². The van der Waals surface area contributed by atoms with Crippen LogP contribution in [0.3, 0.4) is 0 Å². The lowest BCUT2D eigenvalue weighted by Gasteiger charge is -2.59. The first-order chi connectivity index (χ1) is 13.9. The molecule has 0 amide bonds. The Kier molecular flexibility index (Phi) is 4.17. The Hall–Kier alpha value is -1.86. The molecule has 0 radical (unpaired) electrons. The van der Waals surface area contributed by atoms with Crippen molar-refractivity contribution in [2.45, 2.75) is 63.8 Å². The molecule has 0 aromatic carbocycles. The summed E-state index contributed by atoms with van der Waals surface area (Å²) >= 11 is 0. The highest BCUT2D eigenvalue weighted by atomic mass is 16.6. The van der Waals surface area contributed by atoms with E-state index < -0.39 is 22.5 Å². The highest BCUT2D eigenvalue weighted by molar-refractivity contribution is 5.80. The van der Waals surface area contributed by atoms with E-state index in [-0.39, 0.29) is 36.5 Å². The molecule has 2 saturated heterocycles. The summed E-state index contributed by atoms with van der Waals surface area (Å²) in [5.74, 6) is -0.478. The molecule has 158 valence electrons. The zero-order chi connectivity index (χ0) is 20.4. The van der Waals surface area contributed by atoms with Gasteiger partial charge in [0.25, 0.3) is 0 Å². The average Bonchev–Trinajstić information content (AvgIpc) is 3.16. The number of hydrogen-bond acceptors (Lipinski definition) is 7. The number of aliphatic hydroxyl groups excluding tert-OH is 1. The molecule has 1 N–H and O–H groups in total. The molecule has 4 aliphatic rings. The van der Waals surface area contributed by atoms with E-state index in [2.05, 4.69) is 6.92 Å². The Morgan fingerprint density at radius 3 is 2.79 bits per heavy atom. The molecule has 0 bridgehead atoms.